The maximum Gasteiger partial charge on any atom is 0.240 e. The lowest BCUT2D eigenvalue weighted by Crippen LogP contribution is -2.37. The molecule has 0 saturated heterocycles. The number of fused-ring (bicyclic) bond motifs is 1. The van der Waals surface area contributed by atoms with Gasteiger partial charge in [-0.05, 0) is 55.4 Å². The summed E-state index contributed by atoms with van der Waals surface area (Å²) in [6, 6.07) is 7.75. The smallest absolute Gasteiger partial charge is 0.240 e. The van der Waals surface area contributed by atoms with Crippen LogP contribution in [0.4, 0.5) is 0 Å². The Kier molecular flexibility index (Phi) is 5.80. The SMILES string of the molecule is COc1ccc(-n2ncc3c2CC(C)(C)C[C@H]3NC(=O)CCC2=NNC(=O)CC2)cc1. The predicted octanol–water partition coefficient (Wildman–Crippen LogP) is 3.06. The molecule has 0 fully saturated rings. The van der Waals surface area contributed by atoms with E-state index in [0.29, 0.717) is 25.7 Å². The van der Waals surface area contributed by atoms with Crippen LogP contribution in [0.2, 0.25) is 0 Å². The van der Waals surface area contributed by atoms with Crippen molar-refractivity contribution in [2.45, 2.75) is 58.4 Å². The second kappa shape index (κ2) is 8.53. The Bertz CT molecular complexity index is 1010. The Morgan fingerprint density at radius 2 is 2.06 bits per heavy atom. The summed E-state index contributed by atoms with van der Waals surface area (Å²) in [6.45, 7) is 4.44. The van der Waals surface area contributed by atoms with Crippen molar-refractivity contribution in [2.24, 2.45) is 10.5 Å². The highest BCUT2D eigenvalue weighted by atomic mass is 16.5. The molecule has 4 rings (SSSR count). The fraction of sp³-hybridized carbons (Fsp3) is 0.478. The number of aromatic nitrogens is 2. The van der Waals surface area contributed by atoms with Crippen LogP contribution in [-0.4, -0.2) is 34.4 Å². The number of methoxy groups -OCH3 is 1. The molecule has 164 valence electrons. The molecule has 2 aromatic rings. The minimum absolute atomic E-state index is 0.00884. The van der Waals surface area contributed by atoms with Gasteiger partial charge in [-0.25, -0.2) is 10.1 Å². The number of amides is 2. The highest BCUT2D eigenvalue weighted by molar-refractivity contribution is 5.94. The highest BCUT2D eigenvalue weighted by Crippen LogP contribution is 2.41. The minimum atomic E-state index is -0.0776. The molecule has 0 bridgehead atoms. The molecule has 1 aromatic heterocycles. The number of rotatable bonds is 6. The summed E-state index contributed by atoms with van der Waals surface area (Å²) >= 11 is 0. The first-order chi connectivity index (χ1) is 14.8. The number of carbonyl (C=O) groups excluding carboxylic acids is 2. The standard InChI is InChI=1S/C23H29N5O3/c1-23(2)12-19(25-21(29)10-4-15-5-11-22(30)27-26-15)18-14-24-28(20(18)13-23)16-6-8-17(31-3)9-7-16/h6-9,14,19H,4-5,10-13H2,1-3H3,(H,25,29)(H,27,30)/t19-/m1/s1. The number of hydrogen-bond donors (Lipinski definition) is 2. The van der Waals surface area contributed by atoms with Crippen molar-refractivity contribution in [1.29, 1.82) is 0 Å². The molecule has 1 aliphatic heterocycles. The Morgan fingerprint density at radius 1 is 1.29 bits per heavy atom. The Balaban J connectivity index is 1.49. The van der Waals surface area contributed by atoms with Gasteiger partial charge in [0, 0.05) is 24.1 Å². The molecule has 1 aromatic carbocycles. The van der Waals surface area contributed by atoms with E-state index in [2.05, 4.69) is 34.8 Å². The minimum Gasteiger partial charge on any atom is -0.497 e. The molecule has 2 aliphatic rings. The van der Waals surface area contributed by atoms with Gasteiger partial charge in [-0.2, -0.15) is 10.2 Å². The molecule has 2 amide bonds. The summed E-state index contributed by atoms with van der Waals surface area (Å²) in [5.41, 5.74) is 6.57. The van der Waals surface area contributed by atoms with Crippen LogP contribution in [0.25, 0.3) is 5.69 Å². The number of ether oxygens (including phenoxy) is 1. The van der Waals surface area contributed by atoms with Gasteiger partial charge >= 0.3 is 0 Å². The molecule has 0 radical (unpaired) electrons. The van der Waals surface area contributed by atoms with Gasteiger partial charge in [-0.15, -0.1) is 0 Å². The predicted molar refractivity (Wildman–Crippen MR) is 117 cm³/mol. The monoisotopic (exact) mass is 423 g/mol. The fourth-order valence-corrected chi connectivity index (χ4v) is 4.33. The first kappa shape index (κ1) is 21.1. The third-order valence-corrected chi connectivity index (χ3v) is 5.95. The molecule has 0 unspecified atom stereocenters. The van der Waals surface area contributed by atoms with Crippen molar-refractivity contribution >= 4 is 17.5 Å². The zero-order chi connectivity index (χ0) is 22.0. The van der Waals surface area contributed by atoms with Crippen molar-refractivity contribution in [3.8, 4) is 11.4 Å². The van der Waals surface area contributed by atoms with Gasteiger partial charge in [0.15, 0.2) is 0 Å². The Morgan fingerprint density at radius 3 is 2.74 bits per heavy atom. The van der Waals surface area contributed by atoms with Crippen molar-refractivity contribution in [3.05, 3.63) is 41.7 Å². The van der Waals surface area contributed by atoms with Crippen molar-refractivity contribution < 1.29 is 14.3 Å². The molecule has 8 nitrogen and oxygen atoms in total. The third-order valence-electron chi connectivity index (χ3n) is 5.95. The largest absolute Gasteiger partial charge is 0.497 e. The van der Waals surface area contributed by atoms with Gasteiger partial charge in [-0.1, -0.05) is 13.8 Å². The summed E-state index contributed by atoms with van der Waals surface area (Å²) in [7, 11) is 1.65. The van der Waals surface area contributed by atoms with Crippen molar-refractivity contribution in [2.75, 3.05) is 7.11 Å². The van der Waals surface area contributed by atoms with Gasteiger partial charge in [0.25, 0.3) is 0 Å². The molecule has 8 heteroatoms. The van der Waals surface area contributed by atoms with E-state index in [1.165, 1.54) is 0 Å². The topological polar surface area (TPSA) is 97.6 Å². The second-order valence-electron chi connectivity index (χ2n) is 9.03. The van der Waals surface area contributed by atoms with Crippen LogP contribution in [0.1, 0.15) is 63.3 Å². The van der Waals surface area contributed by atoms with Crippen molar-refractivity contribution in [3.63, 3.8) is 0 Å². The third kappa shape index (κ3) is 4.78. The molecule has 0 spiro atoms. The summed E-state index contributed by atoms with van der Waals surface area (Å²) in [4.78, 5) is 23.9. The van der Waals surface area contributed by atoms with Gasteiger partial charge in [0.1, 0.15) is 5.75 Å². The van der Waals surface area contributed by atoms with Gasteiger partial charge in [0.05, 0.1) is 30.7 Å². The summed E-state index contributed by atoms with van der Waals surface area (Å²) in [5, 5.41) is 11.9. The van der Waals surface area contributed by atoms with E-state index >= 15 is 0 Å². The van der Waals surface area contributed by atoms with Gasteiger partial charge in [0.2, 0.25) is 11.8 Å². The number of nitrogens with one attached hydrogen (secondary N) is 2. The molecular weight excluding hydrogens is 394 g/mol. The summed E-state index contributed by atoms with van der Waals surface area (Å²) in [5.74, 6) is 0.724. The van der Waals surface area contributed by atoms with Gasteiger partial charge < -0.3 is 10.1 Å². The number of hydrazone groups is 1. The quantitative estimate of drug-likeness (QED) is 0.746. The van der Waals surface area contributed by atoms with Crippen LogP contribution in [0.15, 0.2) is 35.6 Å². The average Bonchev–Trinajstić information content (AvgIpc) is 3.16. The van der Waals surface area contributed by atoms with Gasteiger partial charge in [-0.3, -0.25) is 9.59 Å². The molecule has 1 aliphatic carbocycles. The molecule has 2 heterocycles. The normalized spacial score (nSPS) is 19.8. The number of nitrogens with zero attached hydrogens (tertiary/aromatic N) is 3. The maximum absolute atomic E-state index is 12.7. The highest BCUT2D eigenvalue weighted by Gasteiger charge is 2.36. The van der Waals surface area contributed by atoms with E-state index < -0.39 is 0 Å². The van der Waals surface area contributed by atoms with Crippen LogP contribution in [0.3, 0.4) is 0 Å². The summed E-state index contributed by atoms with van der Waals surface area (Å²) in [6.07, 6.45) is 5.59. The van der Waals surface area contributed by atoms with Crippen molar-refractivity contribution in [1.82, 2.24) is 20.5 Å². The zero-order valence-electron chi connectivity index (χ0n) is 18.3. The molecular formula is C23H29N5O3. The average molecular weight is 424 g/mol. The second-order valence-corrected chi connectivity index (χ2v) is 9.03. The first-order valence-corrected chi connectivity index (χ1v) is 10.7. The molecule has 31 heavy (non-hydrogen) atoms. The van der Waals surface area contributed by atoms with E-state index in [9.17, 15) is 9.59 Å². The molecule has 0 saturated carbocycles. The van der Waals surface area contributed by atoms with Crippen LogP contribution >= 0.6 is 0 Å². The fourth-order valence-electron chi connectivity index (χ4n) is 4.33. The lowest BCUT2D eigenvalue weighted by Gasteiger charge is -2.36. The van der Waals surface area contributed by atoms with E-state index in [-0.39, 0.29) is 23.3 Å². The number of hydrogen-bond acceptors (Lipinski definition) is 5. The number of benzene rings is 1. The van der Waals surface area contributed by atoms with E-state index in [0.717, 1.165) is 41.2 Å². The van der Waals surface area contributed by atoms with Crippen LogP contribution in [0.5, 0.6) is 5.75 Å². The van der Waals surface area contributed by atoms with Crippen LogP contribution < -0.4 is 15.5 Å². The van der Waals surface area contributed by atoms with E-state index in [1.807, 2.05) is 35.1 Å². The van der Waals surface area contributed by atoms with E-state index in [4.69, 9.17) is 4.74 Å². The Hall–Kier alpha value is -3.16. The first-order valence-electron chi connectivity index (χ1n) is 10.7. The maximum atomic E-state index is 12.7. The Labute approximate surface area is 182 Å². The lowest BCUT2D eigenvalue weighted by atomic mass is 9.74. The van der Waals surface area contributed by atoms with Crippen LogP contribution in [-0.2, 0) is 16.0 Å². The summed E-state index contributed by atoms with van der Waals surface area (Å²) < 4.78 is 7.23. The molecule has 1 atom stereocenters. The van der Waals surface area contributed by atoms with E-state index in [1.54, 1.807) is 7.11 Å². The molecule has 2 N–H and O–H groups in total. The zero-order valence-corrected chi connectivity index (χ0v) is 18.3. The lowest BCUT2D eigenvalue weighted by molar-refractivity contribution is -0.122. The number of carbonyl (C=O) groups is 2. The van der Waals surface area contributed by atoms with Crippen LogP contribution in [0, 0.1) is 5.41 Å².